The molecule has 1 N–H and O–H groups in total. The molecule has 7 heteroatoms. The van der Waals surface area contributed by atoms with Crippen molar-refractivity contribution in [1.82, 2.24) is 15.1 Å². The Kier molecular flexibility index (Phi) is 5.33. The minimum absolute atomic E-state index is 0.168. The molecule has 0 aliphatic carbocycles. The van der Waals surface area contributed by atoms with Gasteiger partial charge in [0.05, 0.1) is 18.3 Å². The van der Waals surface area contributed by atoms with E-state index in [9.17, 15) is 9.59 Å². The van der Waals surface area contributed by atoms with Gasteiger partial charge in [-0.1, -0.05) is 30.3 Å². The minimum atomic E-state index is -0.471. The van der Waals surface area contributed by atoms with Crippen LogP contribution in [-0.2, 0) is 16.1 Å². The standard InChI is InChI=1S/C18H21N3O4/c1-2-24-17(22)15-11-14(19-20-15)16-9-6-10-21(16)18(23)25-12-13-7-4-3-5-8-13/h3-5,7-8,11,16H,2,6,9-10,12H2,1H3,(H,19,20). The highest BCUT2D eigenvalue weighted by molar-refractivity contribution is 5.87. The number of rotatable bonds is 5. The summed E-state index contributed by atoms with van der Waals surface area (Å²) in [6.45, 7) is 2.89. The van der Waals surface area contributed by atoms with Gasteiger partial charge in [0, 0.05) is 6.54 Å². The Balaban J connectivity index is 1.64. The predicted octanol–water partition coefficient (Wildman–Crippen LogP) is 3.06. The van der Waals surface area contributed by atoms with Crippen molar-refractivity contribution in [3.63, 3.8) is 0 Å². The van der Waals surface area contributed by atoms with Gasteiger partial charge >= 0.3 is 12.1 Å². The zero-order valence-corrected chi connectivity index (χ0v) is 14.1. The van der Waals surface area contributed by atoms with Gasteiger partial charge in [-0.25, -0.2) is 9.59 Å². The lowest BCUT2D eigenvalue weighted by atomic mass is 10.1. The van der Waals surface area contributed by atoms with E-state index in [2.05, 4.69) is 10.2 Å². The van der Waals surface area contributed by atoms with Crippen molar-refractivity contribution < 1.29 is 19.1 Å². The monoisotopic (exact) mass is 343 g/mol. The molecule has 0 saturated carbocycles. The Morgan fingerprint density at radius 1 is 1.28 bits per heavy atom. The van der Waals surface area contributed by atoms with E-state index in [1.165, 1.54) is 0 Å². The Labute approximate surface area is 145 Å². The number of nitrogens with one attached hydrogen (secondary N) is 1. The van der Waals surface area contributed by atoms with Crippen LogP contribution in [0.1, 0.15) is 47.6 Å². The number of H-pyrrole nitrogens is 1. The van der Waals surface area contributed by atoms with E-state index in [0.29, 0.717) is 13.2 Å². The first-order chi connectivity index (χ1) is 12.2. The third-order valence-electron chi connectivity index (χ3n) is 4.13. The van der Waals surface area contributed by atoms with E-state index < -0.39 is 5.97 Å². The van der Waals surface area contributed by atoms with Gasteiger partial charge in [0.1, 0.15) is 6.61 Å². The maximum absolute atomic E-state index is 12.4. The summed E-state index contributed by atoms with van der Waals surface area (Å²) in [6.07, 6.45) is 1.31. The molecule has 1 fully saturated rings. The van der Waals surface area contributed by atoms with Gasteiger partial charge in [0.15, 0.2) is 5.69 Å². The van der Waals surface area contributed by atoms with Gasteiger partial charge in [-0.2, -0.15) is 5.10 Å². The number of carbonyl (C=O) groups excluding carboxylic acids is 2. The van der Waals surface area contributed by atoms with Crippen molar-refractivity contribution >= 4 is 12.1 Å². The molecule has 3 rings (SSSR count). The summed E-state index contributed by atoms with van der Waals surface area (Å²) in [5.74, 6) is -0.471. The largest absolute Gasteiger partial charge is 0.461 e. The van der Waals surface area contributed by atoms with Crippen LogP contribution in [0.2, 0.25) is 0 Å². The fraction of sp³-hybridized carbons (Fsp3) is 0.389. The van der Waals surface area contributed by atoms with Crippen LogP contribution in [0.4, 0.5) is 4.79 Å². The summed E-state index contributed by atoms with van der Waals surface area (Å²) in [7, 11) is 0. The summed E-state index contributed by atoms with van der Waals surface area (Å²) >= 11 is 0. The van der Waals surface area contributed by atoms with Gasteiger partial charge in [0.2, 0.25) is 0 Å². The molecule has 1 amide bonds. The molecule has 1 aliphatic heterocycles. The highest BCUT2D eigenvalue weighted by atomic mass is 16.6. The van der Waals surface area contributed by atoms with Crippen LogP contribution >= 0.6 is 0 Å². The molecule has 0 bridgehead atoms. The summed E-state index contributed by atoms with van der Waals surface area (Å²) in [6, 6.07) is 11.0. The predicted molar refractivity (Wildman–Crippen MR) is 89.9 cm³/mol. The van der Waals surface area contributed by atoms with E-state index >= 15 is 0 Å². The lowest BCUT2D eigenvalue weighted by Gasteiger charge is -2.23. The zero-order chi connectivity index (χ0) is 17.6. The Hall–Kier alpha value is -2.83. The van der Waals surface area contributed by atoms with Crippen LogP contribution in [0.15, 0.2) is 36.4 Å². The number of amides is 1. The molecule has 0 spiro atoms. The number of nitrogens with zero attached hydrogens (tertiary/aromatic N) is 2. The zero-order valence-electron chi connectivity index (χ0n) is 14.1. The fourth-order valence-electron chi connectivity index (χ4n) is 2.93. The number of hydrogen-bond acceptors (Lipinski definition) is 5. The molecule has 2 aromatic rings. The van der Waals surface area contributed by atoms with Gasteiger partial charge < -0.3 is 9.47 Å². The summed E-state index contributed by atoms with van der Waals surface area (Å²) in [5.41, 5.74) is 1.89. The highest BCUT2D eigenvalue weighted by Crippen LogP contribution is 2.31. The molecule has 1 atom stereocenters. The number of likely N-dealkylation sites (tertiary alicyclic amines) is 1. The number of benzene rings is 1. The third kappa shape index (κ3) is 3.99. The Morgan fingerprint density at radius 3 is 2.84 bits per heavy atom. The summed E-state index contributed by atoms with van der Waals surface area (Å²) in [5, 5.41) is 6.83. The molecule has 0 radical (unpaired) electrons. The fourth-order valence-corrected chi connectivity index (χ4v) is 2.93. The van der Waals surface area contributed by atoms with Crippen LogP contribution < -0.4 is 0 Å². The topological polar surface area (TPSA) is 84.5 Å². The second-order valence-corrected chi connectivity index (χ2v) is 5.82. The number of hydrogen-bond donors (Lipinski definition) is 1. The minimum Gasteiger partial charge on any atom is -0.461 e. The number of carbonyl (C=O) groups is 2. The van der Waals surface area contributed by atoms with E-state index in [4.69, 9.17) is 9.47 Å². The van der Waals surface area contributed by atoms with E-state index in [1.807, 2.05) is 30.3 Å². The SMILES string of the molecule is CCOC(=O)c1cc(C2CCCN2C(=O)OCc2ccccc2)[nH]n1. The lowest BCUT2D eigenvalue weighted by molar-refractivity contribution is 0.0519. The molecule has 1 saturated heterocycles. The van der Waals surface area contributed by atoms with Crippen LogP contribution in [0.5, 0.6) is 0 Å². The van der Waals surface area contributed by atoms with Gasteiger partial charge in [0.25, 0.3) is 0 Å². The quantitative estimate of drug-likeness (QED) is 0.844. The number of aromatic amines is 1. The molecule has 25 heavy (non-hydrogen) atoms. The Morgan fingerprint density at radius 2 is 2.08 bits per heavy atom. The highest BCUT2D eigenvalue weighted by Gasteiger charge is 2.33. The molecule has 1 aromatic heterocycles. The van der Waals surface area contributed by atoms with Crippen molar-refractivity contribution in [3.05, 3.63) is 53.3 Å². The third-order valence-corrected chi connectivity index (χ3v) is 4.13. The molecule has 1 aliphatic rings. The first-order valence-corrected chi connectivity index (χ1v) is 8.38. The average molecular weight is 343 g/mol. The number of esters is 1. The van der Waals surface area contributed by atoms with E-state index in [0.717, 1.165) is 24.1 Å². The molecular formula is C18H21N3O4. The molecule has 2 heterocycles. The molecule has 132 valence electrons. The van der Waals surface area contributed by atoms with Gasteiger partial charge in [-0.15, -0.1) is 0 Å². The van der Waals surface area contributed by atoms with Crippen molar-refractivity contribution in [2.45, 2.75) is 32.4 Å². The smallest absolute Gasteiger partial charge is 0.410 e. The molecule has 1 unspecified atom stereocenters. The lowest BCUT2D eigenvalue weighted by Crippen LogP contribution is -2.31. The van der Waals surface area contributed by atoms with Crippen molar-refractivity contribution in [2.24, 2.45) is 0 Å². The van der Waals surface area contributed by atoms with Crippen molar-refractivity contribution in [1.29, 1.82) is 0 Å². The van der Waals surface area contributed by atoms with Crippen LogP contribution in [0, 0.1) is 0 Å². The van der Waals surface area contributed by atoms with Crippen molar-refractivity contribution in [2.75, 3.05) is 13.2 Å². The van der Waals surface area contributed by atoms with E-state index in [1.54, 1.807) is 17.9 Å². The first kappa shape index (κ1) is 17.0. The maximum atomic E-state index is 12.4. The normalized spacial score (nSPS) is 16.7. The number of ether oxygens (including phenoxy) is 2. The molecule has 7 nitrogen and oxygen atoms in total. The Bertz CT molecular complexity index is 729. The van der Waals surface area contributed by atoms with Gasteiger partial charge in [-0.3, -0.25) is 10.00 Å². The van der Waals surface area contributed by atoms with Crippen LogP contribution in [0.3, 0.4) is 0 Å². The second-order valence-electron chi connectivity index (χ2n) is 5.82. The second kappa shape index (κ2) is 7.83. The van der Waals surface area contributed by atoms with Gasteiger partial charge in [-0.05, 0) is 31.4 Å². The van der Waals surface area contributed by atoms with Crippen molar-refractivity contribution in [3.8, 4) is 0 Å². The van der Waals surface area contributed by atoms with Crippen LogP contribution in [0.25, 0.3) is 0 Å². The summed E-state index contributed by atoms with van der Waals surface area (Å²) < 4.78 is 10.4. The average Bonchev–Trinajstić information content (AvgIpc) is 3.29. The first-order valence-electron chi connectivity index (χ1n) is 8.38. The number of aromatic nitrogens is 2. The molecular weight excluding hydrogens is 322 g/mol. The summed E-state index contributed by atoms with van der Waals surface area (Å²) in [4.78, 5) is 25.8. The van der Waals surface area contributed by atoms with E-state index in [-0.39, 0.29) is 24.4 Å². The molecule has 1 aromatic carbocycles. The maximum Gasteiger partial charge on any atom is 0.410 e. The van der Waals surface area contributed by atoms with Crippen LogP contribution in [-0.4, -0.2) is 40.3 Å².